The van der Waals surface area contributed by atoms with Crippen LogP contribution in [-0.2, 0) is 6.51 Å². The average molecular weight is 741 g/mol. The van der Waals surface area contributed by atoms with Crippen LogP contribution < -0.4 is 10.6 Å². The van der Waals surface area contributed by atoms with Crippen LogP contribution in [-0.4, -0.2) is 48.8 Å². The third-order valence-electron chi connectivity index (χ3n) is 30.0. The van der Waals surface area contributed by atoms with Crippen molar-refractivity contribution in [3.05, 3.63) is 0 Å². The van der Waals surface area contributed by atoms with E-state index in [1.54, 1.807) is 64.2 Å². The summed E-state index contributed by atoms with van der Waals surface area (Å²) in [5.41, 5.74) is 3.06. The zero-order valence-corrected chi connectivity index (χ0v) is 34.0. The van der Waals surface area contributed by atoms with Gasteiger partial charge >= 0.3 is 292 Å². The summed E-state index contributed by atoms with van der Waals surface area (Å²) in [7, 11) is 4.27. The van der Waals surface area contributed by atoms with E-state index in [2.05, 4.69) is 40.6 Å². The molecule has 49 heavy (non-hydrogen) atoms. The summed E-state index contributed by atoms with van der Waals surface area (Å²) in [5.74, 6) is 11.3. The Morgan fingerprint density at radius 2 is 1.06 bits per heavy atom. The molecular weight excluding hydrogens is 674 g/mol. The molecule has 8 saturated carbocycles. The number of hydrogen-bond acceptors (Lipinski definition) is 2. The number of fused-ring (bicyclic) bond motifs is 10. The van der Waals surface area contributed by atoms with Gasteiger partial charge in [-0.3, -0.25) is 0 Å². The second-order valence-corrected chi connectivity index (χ2v) is 53.5. The number of hydrogen-bond donors (Lipinski definition) is 2. The van der Waals surface area contributed by atoms with Gasteiger partial charge in [-0.25, -0.2) is 0 Å². The zero-order valence-electron chi connectivity index (χ0n) is 30.9. The minimum absolute atomic E-state index is 0.166. The van der Waals surface area contributed by atoms with Crippen molar-refractivity contribution < 1.29 is 6.51 Å². The van der Waals surface area contributed by atoms with Crippen molar-refractivity contribution in [3.8, 4) is 0 Å². The van der Waals surface area contributed by atoms with Crippen LogP contribution in [0.4, 0.5) is 0 Å². The Bertz CT molecular complexity index is 1990. The molecule has 20 fully saturated rings. The van der Waals surface area contributed by atoms with Crippen LogP contribution in [0.3, 0.4) is 0 Å². The fraction of sp³-hybridized carbons (Fsp3) is 1.00. The van der Waals surface area contributed by atoms with Crippen molar-refractivity contribution in [2.45, 2.75) is 161 Å². The molecule has 8 aliphatic carbocycles. The maximum atomic E-state index is 4.11. The predicted molar refractivity (Wildman–Crippen MR) is 202 cm³/mol. The fourth-order valence-corrected chi connectivity index (χ4v) is 128. The first-order valence-electron chi connectivity index (χ1n) is 22.6. The molecule has 270 valence electrons. The summed E-state index contributed by atoms with van der Waals surface area (Å²) in [6.45, 7) is 9.99. The van der Waals surface area contributed by atoms with Crippen LogP contribution in [0.15, 0.2) is 0 Å². The van der Waals surface area contributed by atoms with E-state index < -0.39 is 6.51 Å². The second-order valence-electron chi connectivity index (χ2n) is 27.1. The molecule has 2 N–H and O–H groups in total. The van der Waals surface area contributed by atoms with E-state index in [9.17, 15) is 0 Å². The van der Waals surface area contributed by atoms with Gasteiger partial charge in [0.15, 0.2) is 0 Å². The first-order valence-corrected chi connectivity index (χ1v) is 31.0. The maximum absolute atomic E-state index is 4.11. The summed E-state index contributed by atoms with van der Waals surface area (Å²) in [4.78, 5) is 9.80. The molecule has 20 aliphatic rings. The molecule has 5 heteroatoms. The van der Waals surface area contributed by atoms with E-state index in [-0.39, 0.29) is 7.92 Å². The van der Waals surface area contributed by atoms with Gasteiger partial charge in [0.1, 0.15) is 0 Å². The Kier molecular flexibility index (Phi) is 2.63. The van der Waals surface area contributed by atoms with Crippen LogP contribution in [0.1, 0.15) is 97.8 Å². The van der Waals surface area contributed by atoms with Gasteiger partial charge in [-0.2, -0.15) is 0 Å². The Hall–Kier alpha value is 1.30. The molecule has 0 aromatic carbocycles. The quantitative estimate of drug-likeness (QED) is 0.201. The van der Waals surface area contributed by atoms with Crippen LogP contribution >= 0.6 is 17.2 Å². The van der Waals surface area contributed by atoms with Crippen LogP contribution in [0.25, 0.3) is 0 Å². The van der Waals surface area contributed by atoms with E-state index in [0.29, 0.717) is 10.6 Å². The van der Waals surface area contributed by atoms with E-state index >= 15 is 0 Å². The summed E-state index contributed by atoms with van der Waals surface area (Å²) in [6, 6.07) is 0. The summed E-state index contributed by atoms with van der Waals surface area (Å²) >= 11 is 0. The molecular formula is C44H66FeN2P2. The molecule has 12 saturated heterocycles. The van der Waals surface area contributed by atoms with E-state index in [1.807, 2.05) is 6.16 Å². The predicted octanol–water partition coefficient (Wildman–Crippen LogP) is 10.5. The van der Waals surface area contributed by atoms with Crippen molar-refractivity contribution in [2.24, 2.45) is 64.6 Å². The molecule has 8 unspecified atom stereocenters. The first-order chi connectivity index (χ1) is 23.5. The average Bonchev–Trinajstić information content (AvgIpc) is 3.84. The molecule has 20 rings (SSSR count). The Labute approximate surface area is 290 Å². The SMILES string of the molecule is CC(C)(C)[C]12[CH]3[C]4(CP(C5C6CC7CC(C6)CC5C7)C5C6CC7CC(C6)CC5C7)[C]5(C(P)(C6CCNC6)C6CCNC6)[CH]1[Fe]34251678[CH]2[CH]1[CH]6[CH]7[CH]28. The van der Waals surface area contributed by atoms with E-state index in [0.717, 1.165) is 48.4 Å². The third kappa shape index (κ3) is 0.879. The molecule has 0 aromatic heterocycles. The number of nitrogens with one attached hydrogen (secondary N) is 2. The van der Waals surface area contributed by atoms with Crippen molar-refractivity contribution in [1.82, 2.24) is 10.6 Å². The topological polar surface area (TPSA) is 24.1 Å². The molecule has 8 bridgehead atoms. The monoisotopic (exact) mass is 740 g/mol. The first kappa shape index (κ1) is 27.0. The van der Waals surface area contributed by atoms with Crippen molar-refractivity contribution in [3.63, 3.8) is 0 Å². The Morgan fingerprint density at radius 3 is 1.41 bits per heavy atom. The number of rotatable bonds is 7. The van der Waals surface area contributed by atoms with Gasteiger partial charge in [0, 0.05) is 0 Å². The molecule has 12 aliphatic heterocycles. The Balaban J connectivity index is 0.903. The molecule has 8 atom stereocenters. The van der Waals surface area contributed by atoms with Gasteiger partial charge in [-0.05, 0) is 0 Å². The summed E-state index contributed by atoms with van der Waals surface area (Å²) in [5, 5.41) is 8.70. The molecule has 0 amide bonds. The van der Waals surface area contributed by atoms with E-state index in [1.165, 1.54) is 108 Å². The van der Waals surface area contributed by atoms with Gasteiger partial charge < -0.3 is 0 Å². The van der Waals surface area contributed by atoms with Crippen LogP contribution in [0, 0.1) is 64.6 Å². The van der Waals surface area contributed by atoms with Gasteiger partial charge in [-0.1, -0.05) is 0 Å². The molecule has 0 radical (unpaired) electrons. The molecule has 0 aromatic rings. The third-order valence-corrected chi connectivity index (χ3v) is 80.6. The second kappa shape index (κ2) is 4.77. The summed E-state index contributed by atoms with van der Waals surface area (Å²) < 4.78 is 2.85. The van der Waals surface area contributed by atoms with Gasteiger partial charge in [0.2, 0.25) is 0 Å². The van der Waals surface area contributed by atoms with Gasteiger partial charge in [-0.15, -0.1) is 0 Å². The fourth-order valence-electron chi connectivity index (χ4n) is 33.8. The van der Waals surface area contributed by atoms with Crippen molar-refractivity contribution >= 4 is 17.2 Å². The molecule has 2 nitrogen and oxygen atoms in total. The molecule has 1 spiro atoms. The van der Waals surface area contributed by atoms with Gasteiger partial charge in [0.25, 0.3) is 0 Å². The standard InChI is InChI=1S/C39H61N2P2.C5H5.Fe/c1-38(2,3)34-18-31(35(19-34)39(42,32-4-6-40-20-32)33-5-7-41-21-33)22-43(36-27-10-23-8-24(12-27)13-28(36)11-23)37-29-14-25-9-26(16-29)17-30(37)15-25;1-2-4-5-3-1;/h18-19,23-30,32-33,36-37,40-41H,4-17,20-22,42H2,1-3H3;1-5H;. The molecule has 12 heterocycles. The van der Waals surface area contributed by atoms with Crippen LogP contribution in [0.2, 0.25) is 46.7 Å². The zero-order chi connectivity index (χ0) is 31.8. The summed E-state index contributed by atoms with van der Waals surface area (Å²) in [6.07, 6.45) is 21.9. The van der Waals surface area contributed by atoms with Crippen molar-refractivity contribution in [2.75, 3.05) is 32.3 Å². The minimum atomic E-state index is -4.06. The van der Waals surface area contributed by atoms with Crippen molar-refractivity contribution in [1.29, 1.82) is 0 Å². The van der Waals surface area contributed by atoms with E-state index in [4.69, 9.17) is 0 Å². The van der Waals surface area contributed by atoms with Gasteiger partial charge in [0.05, 0.1) is 0 Å². The van der Waals surface area contributed by atoms with Crippen LogP contribution in [0.5, 0.6) is 0 Å². The normalized spacial score (nSPS) is 83.3. The Morgan fingerprint density at radius 1 is 0.633 bits per heavy atom.